The fourth-order valence-electron chi connectivity index (χ4n) is 1.23. The number of rotatable bonds is 1. The maximum Gasteiger partial charge on any atom is 0.0565 e. The molecule has 1 N–H and O–H groups in total. The number of aromatic nitrogens is 2. The van der Waals surface area contributed by atoms with Crippen molar-refractivity contribution in [2.24, 2.45) is 0 Å². The second-order valence-corrected chi connectivity index (χ2v) is 3.36. The maximum atomic E-state index is 5.92. The Morgan fingerprint density at radius 2 is 2.15 bits per heavy atom. The van der Waals surface area contributed by atoms with Crippen LogP contribution in [0.25, 0.3) is 11.1 Å². The van der Waals surface area contributed by atoms with E-state index in [1.165, 1.54) is 0 Å². The average Bonchev–Trinajstić information content (AvgIpc) is 2.62. The summed E-state index contributed by atoms with van der Waals surface area (Å²) < 4.78 is 0. The molecule has 0 radical (unpaired) electrons. The normalized spacial score (nSPS) is 10.3. The first-order valence-corrected chi connectivity index (χ1v) is 4.40. The Hall–Kier alpha value is -1.28. The third-order valence-corrected chi connectivity index (χ3v) is 2.41. The molecule has 0 fully saturated rings. The average molecular weight is 193 g/mol. The highest BCUT2D eigenvalue weighted by Gasteiger charge is 2.00. The van der Waals surface area contributed by atoms with Crippen LogP contribution >= 0.6 is 11.6 Å². The quantitative estimate of drug-likeness (QED) is 0.739. The fraction of sp³-hybridized carbons (Fsp3) is 0.100. The van der Waals surface area contributed by atoms with Crippen LogP contribution in [0.4, 0.5) is 0 Å². The largest absolute Gasteiger partial charge is 0.285 e. The number of nitrogens with one attached hydrogen (secondary N) is 1. The topological polar surface area (TPSA) is 28.7 Å². The lowest BCUT2D eigenvalue weighted by Gasteiger charge is -2.00. The lowest BCUT2D eigenvalue weighted by atomic mass is 10.1. The zero-order valence-corrected chi connectivity index (χ0v) is 7.97. The molecule has 1 aromatic carbocycles. The summed E-state index contributed by atoms with van der Waals surface area (Å²) in [7, 11) is 0. The lowest BCUT2D eigenvalue weighted by molar-refractivity contribution is 1.09. The zero-order valence-electron chi connectivity index (χ0n) is 7.21. The van der Waals surface area contributed by atoms with Crippen LogP contribution in [0.1, 0.15) is 5.56 Å². The number of halogens is 1. The SMILES string of the molecule is Cc1cc(-c2cn[nH]c2)ccc1Cl. The van der Waals surface area contributed by atoms with Crippen LogP contribution in [0, 0.1) is 6.92 Å². The number of hydrogen-bond acceptors (Lipinski definition) is 1. The smallest absolute Gasteiger partial charge is 0.0565 e. The van der Waals surface area contributed by atoms with E-state index in [-0.39, 0.29) is 0 Å². The van der Waals surface area contributed by atoms with E-state index < -0.39 is 0 Å². The number of nitrogens with zero attached hydrogens (tertiary/aromatic N) is 1. The first kappa shape index (κ1) is 8.32. The van der Waals surface area contributed by atoms with Crippen LogP contribution in [0.2, 0.25) is 5.02 Å². The molecule has 0 aliphatic carbocycles. The summed E-state index contributed by atoms with van der Waals surface area (Å²) in [4.78, 5) is 0. The molecule has 66 valence electrons. The highest BCUT2D eigenvalue weighted by molar-refractivity contribution is 6.31. The van der Waals surface area contributed by atoms with Gasteiger partial charge in [0.15, 0.2) is 0 Å². The van der Waals surface area contributed by atoms with Gasteiger partial charge in [-0.2, -0.15) is 5.10 Å². The summed E-state index contributed by atoms with van der Waals surface area (Å²) in [6, 6.07) is 5.94. The molecule has 0 unspecified atom stereocenters. The minimum Gasteiger partial charge on any atom is -0.285 e. The molecule has 13 heavy (non-hydrogen) atoms. The number of aromatic amines is 1. The predicted octanol–water partition coefficient (Wildman–Crippen LogP) is 3.04. The van der Waals surface area contributed by atoms with Crippen LogP contribution < -0.4 is 0 Å². The fourth-order valence-corrected chi connectivity index (χ4v) is 1.35. The Morgan fingerprint density at radius 3 is 2.77 bits per heavy atom. The van der Waals surface area contributed by atoms with Gasteiger partial charge in [0.25, 0.3) is 0 Å². The molecule has 0 aliphatic rings. The molecule has 1 heterocycles. The molecule has 3 heteroatoms. The molecule has 1 aromatic heterocycles. The van der Waals surface area contributed by atoms with Gasteiger partial charge in [0.2, 0.25) is 0 Å². The number of aryl methyl sites for hydroxylation is 1. The first-order valence-electron chi connectivity index (χ1n) is 4.02. The second kappa shape index (κ2) is 3.23. The van der Waals surface area contributed by atoms with Crippen molar-refractivity contribution in [1.29, 1.82) is 0 Å². The minimum absolute atomic E-state index is 0.798. The van der Waals surface area contributed by atoms with Crippen molar-refractivity contribution < 1.29 is 0 Å². The van der Waals surface area contributed by atoms with Gasteiger partial charge in [-0.05, 0) is 30.2 Å². The van der Waals surface area contributed by atoms with E-state index >= 15 is 0 Å². The van der Waals surface area contributed by atoms with Crippen molar-refractivity contribution >= 4 is 11.6 Å². The van der Waals surface area contributed by atoms with Crippen LogP contribution in [-0.2, 0) is 0 Å². The maximum absolute atomic E-state index is 5.92. The van der Waals surface area contributed by atoms with Gasteiger partial charge in [0.05, 0.1) is 6.20 Å². The summed E-state index contributed by atoms with van der Waals surface area (Å²) in [6.07, 6.45) is 3.66. The van der Waals surface area contributed by atoms with Crippen LogP contribution in [0.15, 0.2) is 30.6 Å². The standard InChI is InChI=1S/C10H9ClN2/c1-7-4-8(2-3-10(7)11)9-5-12-13-6-9/h2-6H,1H3,(H,12,13). The number of hydrogen-bond donors (Lipinski definition) is 1. The van der Waals surface area contributed by atoms with E-state index in [0.717, 1.165) is 21.7 Å². The van der Waals surface area contributed by atoms with Crippen molar-refractivity contribution in [2.45, 2.75) is 6.92 Å². The summed E-state index contributed by atoms with van der Waals surface area (Å²) in [6.45, 7) is 1.99. The molecule has 2 aromatic rings. The highest BCUT2D eigenvalue weighted by Crippen LogP contribution is 2.23. The number of benzene rings is 1. The van der Waals surface area contributed by atoms with Gasteiger partial charge in [0, 0.05) is 16.8 Å². The van der Waals surface area contributed by atoms with E-state index in [9.17, 15) is 0 Å². The van der Waals surface area contributed by atoms with E-state index in [2.05, 4.69) is 10.2 Å². The molecule has 0 saturated carbocycles. The monoisotopic (exact) mass is 192 g/mol. The Labute approximate surface area is 81.6 Å². The first-order chi connectivity index (χ1) is 6.27. The van der Waals surface area contributed by atoms with Gasteiger partial charge in [0.1, 0.15) is 0 Å². The van der Waals surface area contributed by atoms with E-state index in [1.54, 1.807) is 6.20 Å². The van der Waals surface area contributed by atoms with Crippen molar-refractivity contribution in [3.05, 3.63) is 41.2 Å². The van der Waals surface area contributed by atoms with Gasteiger partial charge in [-0.3, -0.25) is 5.10 Å². The molecule has 2 rings (SSSR count). The molecular weight excluding hydrogens is 184 g/mol. The Balaban J connectivity index is 2.49. The predicted molar refractivity (Wildman–Crippen MR) is 53.8 cm³/mol. The zero-order chi connectivity index (χ0) is 9.26. The summed E-state index contributed by atoms with van der Waals surface area (Å²) >= 11 is 5.92. The lowest BCUT2D eigenvalue weighted by Crippen LogP contribution is -1.78. The van der Waals surface area contributed by atoms with E-state index in [0.29, 0.717) is 0 Å². The van der Waals surface area contributed by atoms with Gasteiger partial charge < -0.3 is 0 Å². The Kier molecular flexibility index (Phi) is 2.07. The molecule has 0 aliphatic heterocycles. The van der Waals surface area contributed by atoms with Gasteiger partial charge in [-0.1, -0.05) is 17.7 Å². The molecule has 0 bridgehead atoms. The molecule has 0 amide bonds. The van der Waals surface area contributed by atoms with Crippen LogP contribution in [0.5, 0.6) is 0 Å². The van der Waals surface area contributed by atoms with E-state index in [4.69, 9.17) is 11.6 Å². The van der Waals surface area contributed by atoms with Crippen LogP contribution in [0.3, 0.4) is 0 Å². The Bertz CT molecular complexity index is 407. The van der Waals surface area contributed by atoms with Gasteiger partial charge in [-0.25, -0.2) is 0 Å². The summed E-state index contributed by atoms with van der Waals surface area (Å²) in [5.41, 5.74) is 3.30. The van der Waals surface area contributed by atoms with Gasteiger partial charge >= 0.3 is 0 Å². The van der Waals surface area contributed by atoms with Crippen molar-refractivity contribution in [1.82, 2.24) is 10.2 Å². The molecule has 0 spiro atoms. The third kappa shape index (κ3) is 1.58. The molecule has 0 saturated heterocycles. The van der Waals surface area contributed by atoms with Crippen LogP contribution in [-0.4, -0.2) is 10.2 Å². The van der Waals surface area contributed by atoms with Crippen molar-refractivity contribution in [3.8, 4) is 11.1 Å². The van der Waals surface area contributed by atoms with Gasteiger partial charge in [-0.15, -0.1) is 0 Å². The highest BCUT2D eigenvalue weighted by atomic mass is 35.5. The van der Waals surface area contributed by atoms with Crippen molar-refractivity contribution in [3.63, 3.8) is 0 Å². The molecule has 2 nitrogen and oxygen atoms in total. The summed E-state index contributed by atoms with van der Waals surface area (Å²) in [5, 5.41) is 7.47. The van der Waals surface area contributed by atoms with Crippen molar-refractivity contribution in [2.75, 3.05) is 0 Å². The Morgan fingerprint density at radius 1 is 1.31 bits per heavy atom. The molecule has 0 atom stereocenters. The number of H-pyrrole nitrogens is 1. The summed E-state index contributed by atoms with van der Waals surface area (Å²) in [5.74, 6) is 0. The third-order valence-electron chi connectivity index (χ3n) is 1.99. The van der Waals surface area contributed by atoms with E-state index in [1.807, 2.05) is 31.3 Å². The minimum atomic E-state index is 0.798. The second-order valence-electron chi connectivity index (χ2n) is 2.95. The molecular formula is C10H9ClN2.